The fourth-order valence-electron chi connectivity index (χ4n) is 3.17. The molecule has 0 saturated carbocycles. The van der Waals surface area contributed by atoms with E-state index in [9.17, 15) is 0 Å². The number of methoxy groups -OCH3 is 1. The Balaban J connectivity index is 1.72. The molecule has 0 radical (unpaired) electrons. The number of aliphatic imine (C=N–C) groups is 1. The van der Waals surface area contributed by atoms with Gasteiger partial charge in [-0.2, -0.15) is 0 Å². The summed E-state index contributed by atoms with van der Waals surface area (Å²) in [7, 11) is 3.55. The van der Waals surface area contributed by atoms with E-state index < -0.39 is 0 Å². The lowest BCUT2D eigenvalue weighted by Crippen LogP contribution is -2.41. The third kappa shape index (κ3) is 5.41. The standard InChI is InChI=1S/C19H32N4O/c1-5-23-11-9-17(14-23)13-22-19(20-3)21-10-8-16-7-6-15(2)18(12-16)24-4/h6-7,12,17H,5,8-11,13-14H2,1-4H3,(H2,20,21,22). The topological polar surface area (TPSA) is 48.9 Å². The number of guanidine groups is 1. The number of hydrogen-bond donors (Lipinski definition) is 2. The smallest absolute Gasteiger partial charge is 0.190 e. The number of ether oxygens (including phenoxy) is 1. The summed E-state index contributed by atoms with van der Waals surface area (Å²) in [6.45, 7) is 9.73. The van der Waals surface area contributed by atoms with Crippen LogP contribution >= 0.6 is 0 Å². The van der Waals surface area contributed by atoms with Crippen LogP contribution in [0.15, 0.2) is 23.2 Å². The molecule has 5 heteroatoms. The summed E-state index contributed by atoms with van der Waals surface area (Å²) < 4.78 is 5.39. The van der Waals surface area contributed by atoms with Crippen LogP contribution in [0.25, 0.3) is 0 Å². The average Bonchev–Trinajstić information content (AvgIpc) is 3.07. The Morgan fingerprint density at radius 3 is 2.88 bits per heavy atom. The second-order valence-electron chi connectivity index (χ2n) is 6.48. The van der Waals surface area contributed by atoms with Crippen LogP contribution in [0.1, 0.15) is 24.5 Å². The molecule has 1 aromatic rings. The maximum absolute atomic E-state index is 5.39. The summed E-state index contributed by atoms with van der Waals surface area (Å²) in [5.41, 5.74) is 2.44. The SMILES string of the molecule is CCN1CCC(CNC(=NC)NCCc2ccc(C)c(OC)c2)C1. The number of rotatable bonds is 7. The van der Waals surface area contributed by atoms with Crippen LogP contribution in [0.4, 0.5) is 0 Å². The molecule has 134 valence electrons. The Hall–Kier alpha value is -1.75. The molecular formula is C19H32N4O. The second kappa shape index (κ2) is 9.52. The first-order valence-corrected chi connectivity index (χ1v) is 8.96. The van der Waals surface area contributed by atoms with Crippen LogP contribution in [0, 0.1) is 12.8 Å². The lowest BCUT2D eigenvalue weighted by molar-refractivity contribution is 0.342. The molecule has 1 heterocycles. The monoisotopic (exact) mass is 332 g/mol. The van der Waals surface area contributed by atoms with Crippen molar-refractivity contribution < 1.29 is 4.74 Å². The molecule has 1 unspecified atom stereocenters. The lowest BCUT2D eigenvalue weighted by Gasteiger charge is -2.16. The highest BCUT2D eigenvalue weighted by Gasteiger charge is 2.20. The first-order chi connectivity index (χ1) is 11.7. The number of nitrogens with one attached hydrogen (secondary N) is 2. The zero-order chi connectivity index (χ0) is 17.4. The molecule has 2 N–H and O–H groups in total. The van der Waals surface area contributed by atoms with Crippen LogP contribution in [-0.2, 0) is 6.42 Å². The van der Waals surface area contributed by atoms with E-state index in [1.807, 2.05) is 7.05 Å². The molecule has 5 nitrogen and oxygen atoms in total. The van der Waals surface area contributed by atoms with Gasteiger partial charge in [-0.15, -0.1) is 0 Å². The number of aryl methyl sites for hydroxylation is 1. The molecule has 0 bridgehead atoms. The summed E-state index contributed by atoms with van der Waals surface area (Å²) in [6, 6.07) is 6.39. The highest BCUT2D eigenvalue weighted by Crippen LogP contribution is 2.19. The minimum Gasteiger partial charge on any atom is -0.496 e. The van der Waals surface area contributed by atoms with Gasteiger partial charge in [0.25, 0.3) is 0 Å². The minimum atomic E-state index is 0.727. The van der Waals surface area contributed by atoms with E-state index in [1.165, 1.54) is 30.6 Å². The van der Waals surface area contributed by atoms with Crippen molar-refractivity contribution in [2.24, 2.45) is 10.9 Å². The van der Waals surface area contributed by atoms with Crippen molar-refractivity contribution in [3.8, 4) is 5.75 Å². The van der Waals surface area contributed by atoms with E-state index in [4.69, 9.17) is 4.74 Å². The summed E-state index contributed by atoms with van der Waals surface area (Å²) in [6.07, 6.45) is 2.23. The van der Waals surface area contributed by atoms with E-state index in [0.717, 1.165) is 43.7 Å². The number of likely N-dealkylation sites (tertiary alicyclic amines) is 1. The maximum Gasteiger partial charge on any atom is 0.190 e. The summed E-state index contributed by atoms with van der Waals surface area (Å²) in [4.78, 5) is 6.83. The zero-order valence-electron chi connectivity index (χ0n) is 15.6. The van der Waals surface area contributed by atoms with Crippen molar-refractivity contribution in [1.82, 2.24) is 15.5 Å². The van der Waals surface area contributed by atoms with Crippen LogP contribution in [0.3, 0.4) is 0 Å². The van der Waals surface area contributed by atoms with Gasteiger partial charge in [-0.3, -0.25) is 4.99 Å². The third-order valence-electron chi connectivity index (χ3n) is 4.78. The van der Waals surface area contributed by atoms with Crippen LogP contribution in [0.2, 0.25) is 0 Å². The van der Waals surface area contributed by atoms with Gasteiger partial charge in [0.15, 0.2) is 5.96 Å². The molecule has 0 amide bonds. The van der Waals surface area contributed by atoms with Gasteiger partial charge in [0.05, 0.1) is 7.11 Å². The van der Waals surface area contributed by atoms with Crippen molar-refractivity contribution in [2.45, 2.75) is 26.7 Å². The highest BCUT2D eigenvalue weighted by atomic mass is 16.5. The Bertz CT molecular complexity index is 544. The first-order valence-electron chi connectivity index (χ1n) is 8.96. The van der Waals surface area contributed by atoms with Crippen molar-refractivity contribution in [3.63, 3.8) is 0 Å². The zero-order valence-corrected chi connectivity index (χ0v) is 15.6. The first kappa shape index (κ1) is 18.6. The van der Waals surface area contributed by atoms with E-state index in [1.54, 1.807) is 7.11 Å². The van der Waals surface area contributed by atoms with Gasteiger partial charge in [0, 0.05) is 26.7 Å². The second-order valence-corrected chi connectivity index (χ2v) is 6.48. The predicted octanol–water partition coefficient (Wildman–Crippen LogP) is 2.05. The largest absolute Gasteiger partial charge is 0.496 e. The minimum absolute atomic E-state index is 0.727. The number of hydrogen-bond acceptors (Lipinski definition) is 3. The molecule has 1 fully saturated rings. The molecule has 0 aromatic heterocycles. The highest BCUT2D eigenvalue weighted by molar-refractivity contribution is 5.79. The van der Waals surface area contributed by atoms with Crippen molar-refractivity contribution >= 4 is 5.96 Å². The predicted molar refractivity (Wildman–Crippen MR) is 101 cm³/mol. The average molecular weight is 332 g/mol. The number of nitrogens with zero attached hydrogens (tertiary/aromatic N) is 2. The van der Waals surface area contributed by atoms with Crippen molar-refractivity contribution in [2.75, 3.05) is 46.9 Å². The Kier molecular flexibility index (Phi) is 7.37. The lowest BCUT2D eigenvalue weighted by atomic mass is 10.1. The van der Waals surface area contributed by atoms with Gasteiger partial charge in [-0.25, -0.2) is 0 Å². The Morgan fingerprint density at radius 2 is 2.21 bits per heavy atom. The van der Waals surface area contributed by atoms with E-state index in [-0.39, 0.29) is 0 Å². The molecule has 0 spiro atoms. The Morgan fingerprint density at radius 1 is 1.38 bits per heavy atom. The molecule has 1 aromatic carbocycles. The van der Waals surface area contributed by atoms with Crippen LogP contribution in [-0.4, -0.2) is 57.7 Å². The summed E-state index contributed by atoms with van der Waals surface area (Å²) in [5, 5.41) is 6.87. The van der Waals surface area contributed by atoms with E-state index in [2.05, 4.69) is 52.6 Å². The van der Waals surface area contributed by atoms with E-state index in [0.29, 0.717) is 0 Å². The Labute approximate surface area is 146 Å². The van der Waals surface area contributed by atoms with Crippen molar-refractivity contribution in [3.05, 3.63) is 29.3 Å². The van der Waals surface area contributed by atoms with Crippen LogP contribution in [0.5, 0.6) is 5.75 Å². The van der Waals surface area contributed by atoms with Gasteiger partial charge in [-0.05, 0) is 56.0 Å². The fraction of sp³-hybridized carbons (Fsp3) is 0.632. The molecule has 1 saturated heterocycles. The van der Waals surface area contributed by atoms with Gasteiger partial charge in [0.2, 0.25) is 0 Å². The van der Waals surface area contributed by atoms with Crippen molar-refractivity contribution in [1.29, 1.82) is 0 Å². The van der Waals surface area contributed by atoms with Gasteiger partial charge < -0.3 is 20.3 Å². The normalized spacial score (nSPS) is 18.7. The maximum atomic E-state index is 5.39. The molecule has 2 rings (SSSR count). The summed E-state index contributed by atoms with van der Waals surface area (Å²) in [5.74, 6) is 2.57. The third-order valence-corrected chi connectivity index (χ3v) is 4.78. The fourth-order valence-corrected chi connectivity index (χ4v) is 3.17. The van der Waals surface area contributed by atoms with Gasteiger partial charge >= 0.3 is 0 Å². The molecule has 1 atom stereocenters. The number of benzene rings is 1. The summed E-state index contributed by atoms with van der Waals surface area (Å²) >= 11 is 0. The quantitative estimate of drug-likeness (QED) is 0.593. The molecule has 0 aliphatic carbocycles. The molecule has 1 aliphatic heterocycles. The van der Waals surface area contributed by atoms with E-state index >= 15 is 0 Å². The van der Waals surface area contributed by atoms with Crippen LogP contribution < -0.4 is 15.4 Å². The molecular weight excluding hydrogens is 300 g/mol. The van der Waals surface area contributed by atoms with Gasteiger partial charge in [-0.1, -0.05) is 19.1 Å². The molecule has 1 aliphatic rings. The molecule has 24 heavy (non-hydrogen) atoms. The van der Waals surface area contributed by atoms with Gasteiger partial charge in [0.1, 0.15) is 5.75 Å².